The van der Waals surface area contributed by atoms with Gasteiger partial charge >= 0.3 is 0 Å². The third-order valence-corrected chi connectivity index (χ3v) is 9.09. The summed E-state index contributed by atoms with van der Waals surface area (Å²) in [6, 6.07) is 16.0. The second-order valence-corrected chi connectivity index (χ2v) is 13.0. The molecule has 0 radical (unpaired) electrons. The van der Waals surface area contributed by atoms with Gasteiger partial charge in [-0.2, -0.15) is 5.10 Å². The van der Waals surface area contributed by atoms with E-state index in [2.05, 4.69) is 45.9 Å². The van der Waals surface area contributed by atoms with Crippen LogP contribution in [0.5, 0.6) is 5.75 Å². The number of aromatic nitrogens is 2. The Morgan fingerprint density at radius 1 is 1.02 bits per heavy atom. The lowest BCUT2D eigenvalue weighted by Gasteiger charge is -2.35. The highest BCUT2D eigenvalue weighted by atomic mass is 32.2. The number of rotatable bonds is 5. The predicted molar refractivity (Wildman–Crippen MR) is 165 cm³/mol. The molecule has 0 spiro atoms. The minimum Gasteiger partial charge on any atom is -0.497 e. The molecule has 0 aliphatic carbocycles. The number of ether oxygens (including phenoxy) is 1. The zero-order valence-electron chi connectivity index (χ0n) is 25.2. The highest BCUT2D eigenvalue weighted by molar-refractivity contribution is 8.00. The lowest BCUT2D eigenvalue weighted by atomic mass is 9.87. The van der Waals surface area contributed by atoms with Crippen molar-refractivity contribution in [2.45, 2.75) is 45.3 Å². The number of carbonyl (C=O) groups excluding carboxylic acids is 3. The van der Waals surface area contributed by atoms with Crippen molar-refractivity contribution in [2.24, 2.45) is 0 Å². The average molecular weight is 590 g/mol. The quantitative estimate of drug-likeness (QED) is 0.440. The summed E-state index contributed by atoms with van der Waals surface area (Å²) in [6.07, 6.45) is 0. The second-order valence-electron chi connectivity index (χ2n) is 11.9. The molecular formula is C32H39N5O4S. The first-order chi connectivity index (χ1) is 20.0. The van der Waals surface area contributed by atoms with Gasteiger partial charge in [0.05, 0.1) is 29.5 Å². The van der Waals surface area contributed by atoms with Crippen molar-refractivity contribution in [1.82, 2.24) is 19.6 Å². The molecule has 10 heteroatoms. The second kappa shape index (κ2) is 11.8. The van der Waals surface area contributed by atoms with Gasteiger partial charge in [-0.3, -0.25) is 19.3 Å². The lowest BCUT2D eigenvalue weighted by molar-refractivity contribution is -0.137. The number of benzene rings is 2. The van der Waals surface area contributed by atoms with Crippen molar-refractivity contribution in [3.63, 3.8) is 0 Å². The van der Waals surface area contributed by atoms with Crippen LogP contribution in [-0.4, -0.2) is 82.9 Å². The molecule has 2 aliphatic heterocycles. The van der Waals surface area contributed by atoms with E-state index in [0.29, 0.717) is 37.7 Å². The fraction of sp³-hybridized carbons (Fsp3) is 0.438. The van der Waals surface area contributed by atoms with Crippen molar-refractivity contribution >= 4 is 35.3 Å². The number of methoxy groups -OCH3 is 1. The van der Waals surface area contributed by atoms with Crippen molar-refractivity contribution < 1.29 is 19.1 Å². The maximum absolute atomic E-state index is 13.9. The molecule has 2 aliphatic rings. The van der Waals surface area contributed by atoms with Gasteiger partial charge in [-0.05, 0) is 36.8 Å². The van der Waals surface area contributed by atoms with Crippen LogP contribution >= 0.6 is 11.8 Å². The van der Waals surface area contributed by atoms with Crippen molar-refractivity contribution in [1.29, 1.82) is 0 Å². The highest BCUT2D eigenvalue weighted by Gasteiger charge is 2.40. The third kappa shape index (κ3) is 5.90. The van der Waals surface area contributed by atoms with E-state index in [1.165, 1.54) is 0 Å². The molecule has 1 fully saturated rings. The standard InChI is InChI=1S/C32H39N5O4S/c1-21-8-7-9-23(18-21)29-28-30(32(3,4)5)33-37(24-10-12-25(41-6)13-11-24)31(28)36(27(40)20-42-29)19-26(39)35-16-14-34(15-17-35)22(2)38/h7-13,18,29H,14-17,19-20H2,1-6H3. The molecule has 1 saturated heterocycles. The summed E-state index contributed by atoms with van der Waals surface area (Å²) >= 11 is 1.58. The number of thioether (sulfide) groups is 1. The number of hydrogen-bond donors (Lipinski definition) is 0. The first kappa shape index (κ1) is 29.7. The first-order valence-corrected chi connectivity index (χ1v) is 15.3. The number of anilines is 1. The summed E-state index contributed by atoms with van der Waals surface area (Å²) < 4.78 is 7.21. The normalized spacial score (nSPS) is 17.6. The molecule has 0 saturated carbocycles. The predicted octanol–water partition coefficient (Wildman–Crippen LogP) is 4.35. The van der Waals surface area contributed by atoms with E-state index < -0.39 is 0 Å². The van der Waals surface area contributed by atoms with Crippen LogP contribution in [0.15, 0.2) is 48.5 Å². The fourth-order valence-corrected chi connectivity index (χ4v) is 6.77. The van der Waals surface area contributed by atoms with Crippen LogP contribution in [0.1, 0.15) is 55.3 Å². The summed E-state index contributed by atoms with van der Waals surface area (Å²) in [5.41, 5.74) is 4.52. The zero-order chi connectivity index (χ0) is 30.2. The minimum atomic E-state index is -0.337. The summed E-state index contributed by atoms with van der Waals surface area (Å²) in [7, 11) is 1.62. The van der Waals surface area contributed by atoms with E-state index in [9.17, 15) is 14.4 Å². The van der Waals surface area contributed by atoms with Crippen LogP contribution in [0, 0.1) is 6.92 Å². The van der Waals surface area contributed by atoms with Gasteiger partial charge in [0, 0.05) is 44.1 Å². The Balaban J connectivity index is 1.65. The molecule has 1 unspecified atom stereocenters. The van der Waals surface area contributed by atoms with Crippen molar-refractivity contribution in [3.8, 4) is 11.4 Å². The van der Waals surface area contributed by atoms with Crippen LogP contribution in [0.4, 0.5) is 5.82 Å². The number of hydrogen-bond acceptors (Lipinski definition) is 6. The van der Waals surface area contributed by atoms with Gasteiger partial charge in [0.2, 0.25) is 17.7 Å². The Kier molecular flexibility index (Phi) is 8.37. The fourth-order valence-electron chi connectivity index (χ4n) is 5.58. The summed E-state index contributed by atoms with van der Waals surface area (Å²) in [6.45, 7) is 11.8. The van der Waals surface area contributed by atoms with Gasteiger partial charge in [0.15, 0.2) is 0 Å². The Hall–Kier alpha value is -3.79. The van der Waals surface area contributed by atoms with Crippen LogP contribution in [0.2, 0.25) is 0 Å². The maximum Gasteiger partial charge on any atom is 0.242 e. The summed E-state index contributed by atoms with van der Waals surface area (Å²) in [5.74, 6) is 1.30. The van der Waals surface area contributed by atoms with Crippen molar-refractivity contribution in [2.75, 3.05) is 50.5 Å². The maximum atomic E-state index is 13.9. The number of carbonyl (C=O) groups is 3. The monoisotopic (exact) mass is 589 g/mol. The molecule has 0 N–H and O–H groups in total. The van der Waals surface area contributed by atoms with E-state index in [1.54, 1.807) is 40.5 Å². The van der Waals surface area contributed by atoms with Gasteiger partial charge < -0.3 is 14.5 Å². The summed E-state index contributed by atoms with van der Waals surface area (Å²) in [4.78, 5) is 44.6. The van der Waals surface area contributed by atoms with Crippen molar-refractivity contribution in [3.05, 3.63) is 70.9 Å². The van der Waals surface area contributed by atoms with E-state index in [1.807, 2.05) is 35.0 Å². The van der Waals surface area contributed by atoms with Crippen LogP contribution in [0.25, 0.3) is 5.69 Å². The number of fused-ring (bicyclic) bond motifs is 1. The third-order valence-electron chi connectivity index (χ3n) is 7.83. The molecule has 3 amide bonds. The van der Waals surface area contributed by atoms with Gasteiger partial charge in [0.1, 0.15) is 18.1 Å². The molecule has 5 rings (SSSR count). The highest BCUT2D eigenvalue weighted by Crippen LogP contribution is 2.48. The van der Waals surface area contributed by atoms with Gasteiger partial charge in [0.25, 0.3) is 0 Å². The average Bonchev–Trinajstić information content (AvgIpc) is 3.30. The molecule has 3 heterocycles. The smallest absolute Gasteiger partial charge is 0.242 e. The zero-order valence-corrected chi connectivity index (χ0v) is 26.0. The van der Waals surface area contributed by atoms with E-state index >= 15 is 0 Å². The van der Waals surface area contributed by atoms with Gasteiger partial charge in [-0.1, -0.05) is 50.6 Å². The summed E-state index contributed by atoms with van der Waals surface area (Å²) in [5, 5.41) is 5.01. The Morgan fingerprint density at radius 3 is 2.29 bits per heavy atom. The van der Waals surface area contributed by atoms with Crippen LogP contribution in [-0.2, 0) is 19.8 Å². The molecular weight excluding hydrogens is 550 g/mol. The minimum absolute atomic E-state index is 0.00625. The Labute approximate surface area is 251 Å². The molecule has 0 bridgehead atoms. The number of nitrogens with zero attached hydrogens (tertiary/aromatic N) is 5. The molecule has 9 nitrogen and oxygen atoms in total. The molecule has 222 valence electrons. The molecule has 1 aromatic heterocycles. The Morgan fingerprint density at radius 2 is 1.69 bits per heavy atom. The van der Waals surface area contributed by atoms with E-state index in [4.69, 9.17) is 9.84 Å². The molecule has 1 atom stereocenters. The van der Waals surface area contributed by atoms with Crippen LogP contribution < -0.4 is 9.64 Å². The number of piperazine rings is 1. The molecule has 3 aromatic rings. The molecule has 2 aromatic carbocycles. The van der Waals surface area contributed by atoms with Crippen LogP contribution in [0.3, 0.4) is 0 Å². The topological polar surface area (TPSA) is 88.0 Å². The first-order valence-electron chi connectivity index (χ1n) is 14.3. The largest absolute Gasteiger partial charge is 0.497 e. The van der Waals surface area contributed by atoms with E-state index in [0.717, 1.165) is 28.1 Å². The van der Waals surface area contributed by atoms with E-state index in [-0.39, 0.29) is 40.7 Å². The van der Waals surface area contributed by atoms with Gasteiger partial charge in [-0.25, -0.2) is 4.68 Å². The SMILES string of the molecule is COc1ccc(-n2nc(C(C)(C)C)c3c2N(CC(=O)N2CCN(C(C)=O)CC2)C(=O)CSC3c2cccc(C)c2)cc1. The molecule has 42 heavy (non-hydrogen) atoms. The number of aryl methyl sites for hydroxylation is 1. The van der Waals surface area contributed by atoms with Gasteiger partial charge in [-0.15, -0.1) is 11.8 Å². The lowest BCUT2D eigenvalue weighted by Crippen LogP contribution is -2.53. The Bertz CT molecular complexity index is 1490. The number of amides is 3.